The fourth-order valence-electron chi connectivity index (χ4n) is 1.95. The minimum absolute atomic E-state index is 0.0362. The summed E-state index contributed by atoms with van der Waals surface area (Å²) in [7, 11) is -0.0362. The van der Waals surface area contributed by atoms with Crippen LogP contribution >= 0.6 is 7.55 Å². The highest BCUT2D eigenvalue weighted by Gasteiger charge is 2.19. The Bertz CT molecular complexity index is 369. The van der Waals surface area contributed by atoms with E-state index in [1.807, 2.05) is 12.1 Å². The smallest absolute Gasteiger partial charge is 0.151 e. The van der Waals surface area contributed by atoms with Crippen molar-refractivity contribution in [3.8, 4) is 5.75 Å². The van der Waals surface area contributed by atoms with E-state index in [-0.39, 0.29) is 7.55 Å². The van der Waals surface area contributed by atoms with Gasteiger partial charge >= 0.3 is 0 Å². The highest BCUT2D eigenvalue weighted by Crippen LogP contribution is 2.30. The van der Waals surface area contributed by atoms with Gasteiger partial charge in [0.15, 0.2) is 5.30 Å². The molecule has 0 aliphatic carbocycles. The van der Waals surface area contributed by atoms with Crippen LogP contribution in [0.25, 0.3) is 0 Å². The lowest BCUT2D eigenvalue weighted by Crippen LogP contribution is -2.07. The van der Waals surface area contributed by atoms with Gasteiger partial charge in [0.05, 0.1) is 5.80 Å². The van der Waals surface area contributed by atoms with Crippen LogP contribution in [0.3, 0.4) is 0 Å². The Morgan fingerprint density at radius 2 is 2.14 bits per heavy atom. The van der Waals surface area contributed by atoms with E-state index >= 15 is 0 Å². The van der Waals surface area contributed by atoms with Crippen molar-refractivity contribution in [2.75, 3.05) is 6.16 Å². The predicted octanol–water partition coefficient (Wildman–Crippen LogP) is 2.79. The van der Waals surface area contributed by atoms with Gasteiger partial charge in [-0.2, -0.15) is 0 Å². The molecule has 0 bridgehead atoms. The molecule has 1 aliphatic rings. The summed E-state index contributed by atoms with van der Waals surface area (Å²) in [6.07, 6.45) is 5.32. The fraction of sp³-hybridized carbons (Fsp3) is 0.417. The number of aromatic hydroxyl groups is 1. The van der Waals surface area contributed by atoms with Gasteiger partial charge in [-0.05, 0) is 38.0 Å². The Morgan fingerprint density at radius 3 is 2.79 bits per heavy atom. The monoisotopic (exact) mass is 207 g/mol. The Morgan fingerprint density at radius 1 is 1.29 bits per heavy atom. The van der Waals surface area contributed by atoms with Gasteiger partial charge < -0.3 is 5.11 Å². The third-order valence-electron chi connectivity index (χ3n) is 2.69. The van der Waals surface area contributed by atoms with Crippen LogP contribution in [0.4, 0.5) is 0 Å². The molecule has 1 aromatic rings. The number of hydrogen-bond acceptors (Lipinski definition) is 1. The predicted molar refractivity (Wildman–Crippen MR) is 64.2 cm³/mol. The van der Waals surface area contributed by atoms with E-state index in [1.54, 1.807) is 0 Å². The summed E-state index contributed by atoms with van der Waals surface area (Å²) < 4.78 is 0. The van der Waals surface area contributed by atoms with Gasteiger partial charge in [-0.15, -0.1) is 0 Å². The van der Waals surface area contributed by atoms with Gasteiger partial charge in [0.25, 0.3) is 0 Å². The summed E-state index contributed by atoms with van der Waals surface area (Å²) in [5.74, 6) is 2.87. The van der Waals surface area contributed by atoms with Crippen LogP contribution < -0.4 is 5.30 Å². The summed E-state index contributed by atoms with van der Waals surface area (Å²) in [6.45, 7) is 2.10. The molecule has 0 radical (unpaired) electrons. The topological polar surface area (TPSA) is 20.2 Å². The van der Waals surface area contributed by atoms with Crippen LogP contribution in [-0.2, 0) is 0 Å². The average Bonchev–Trinajstić information content (AvgIpc) is 2.19. The summed E-state index contributed by atoms with van der Waals surface area (Å²) in [5, 5.41) is 10.8. The molecular formula is C12H16OP+. The molecule has 1 aromatic carbocycles. The zero-order valence-corrected chi connectivity index (χ0v) is 9.43. The Balaban J connectivity index is 2.35. The number of rotatable bonds is 1. The molecule has 2 rings (SSSR count). The van der Waals surface area contributed by atoms with Gasteiger partial charge in [-0.25, -0.2) is 0 Å². The number of hydrogen-bond donors (Lipinski definition) is 1. The minimum Gasteiger partial charge on any atom is -0.508 e. The molecule has 0 aromatic heterocycles. The van der Waals surface area contributed by atoms with Gasteiger partial charge in [-0.3, -0.25) is 0 Å². The lowest BCUT2D eigenvalue weighted by molar-refractivity contribution is 0.475. The molecule has 0 fully saturated rings. The van der Waals surface area contributed by atoms with Crippen LogP contribution in [0.5, 0.6) is 5.75 Å². The molecule has 1 heterocycles. The SMILES string of the molecule is Cc1cc(O)ccc1[P+]1=CCCCC1. The largest absolute Gasteiger partial charge is 0.508 e. The van der Waals surface area contributed by atoms with Crippen molar-refractivity contribution in [2.45, 2.75) is 26.2 Å². The van der Waals surface area contributed by atoms with Crippen molar-refractivity contribution in [1.29, 1.82) is 0 Å². The Kier molecular flexibility index (Phi) is 2.88. The van der Waals surface area contributed by atoms with E-state index in [1.165, 1.54) is 36.3 Å². The van der Waals surface area contributed by atoms with E-state index < -0.39 is 0 Å². The molecule has 1 N–H and O–H groups in total. The molecule has 14 heavy (non-hydrogen) atoms. The second kappa shape index (κ2) is 4.14. The molecule has 0 saturated heterocycles. The lowest BCUT2D eigenvalue weighted by Gasteiger charge is -2.05. The second-order valence-corrected chi connectivity index (χ2v) is 6.08. The molecule has 0 amide bonds. The van der Waals surface area contributed by atoms with E-state index in [0.717, 1.165) is 0 Å². The molecule has 74 valence electrons. The van der Waals surface area contributed by atoms with Crippen molar-refractivity contribution in [1.82, 2.24) is 0 Å². The van der Waals surface area contributed by atoms with E-state index in [4.69, 9.17) is 0 Å². The summed E-state index contributed by atoms with van der Waals surface area (Å²) in [4.78, 5) is 0. The van der Waals surface area contributed by atoms with Crippen molar-refractivity contribution in [3.63, 3.8) is 0 Å². The first kappa shape index (κ1) is 9.73. The first-order valence-corrected chi connectivity index (χ1v) is 6.76. The first-order valence-electron chi connectivity index (χ1n) is 5.17. The van der Waals surface area contributed by atoms with E-state index in [2.05, 4.69) is 18.8 Å². The van der Waals surface area contributed by atoms with E-state index in [0.29, 0.717) is 5.75 Å². The molecule has 0 spiro atoms. The summed E-state index contributed by atoms with van der Waals surface area (Å²) in [6, 6.07) is 5.78. The third kappa shape index (κ3) is 1.99. The highest BCUT2D eigenvalue weighted by molar-refractivity contribution is 7.65. The molecule has 1 atom stereocenters. The maximum atomic E-state index is 9.33. The average molecular weight is 207 g/mol. The molecule has 1 nitrogen and oxygen atoms in total. The van der Waals surface area contributed by atoms with Crippen molar-refractivity contribution >= 4 is 18.6 Å². The third-order valence-corrected chi connectivity index (χ3v) is 5.31. The van der Waals surface area contributed by atoms with Crippen LogP contribution in [0.1, 0.15) is 24.8 Å². The maximum Gasteiger partial charge on any atom is 0.151 e. The quantitative estimate of drug-likeness (QED) is 0.702. The van der Waals surface area contributed by atoms with Crippen LogP contribution in [0.2, 0.25) is 0 Å². The maximum absolute atomic E-state index is 9.33. The van der Waals surface area contributed by atoms with Gasteiger partial charge in [0.2, 0.25) is 0 Å². The fourth-order valence-corrected chi connectivity index (χ4v) is 4.41. The first-order chi connectivity index (χ1) is 6.77. The normalized spacial score (nSPS) is 19.1. The van der Waals surface area contributed by atoms with Crippen LogP contribution in [0.15, 0.2) is 18.2 Å². The number of phenols is 1. The number of aryl methyl sites for hydroxylation is 1. The number of benzene rings is 1. The molecule has 1 unspecified atom stereocenters. The lowest BCUT2D eigenvalue weighted by atomic mass is 10.2. The zero-order chi connectivity index (χ0) is 9.97. The van der Waals surface area contributed by atoms with Crippen LogP contribution in [-0.4, -0.2) is 17.1 Å². The highest BCUT2D eigenvalue weighted by atomic mass is 31.1. The van der Waals surface area contributed by atoms with Crippen molar-refractivity contribution in [2.24, 2.45) is 0 Å². The van der Waals surface area contributed by atoms with Gasteiger partial charge in [0.1, 0.15) is 19.5 Å². The summed E-state index contributed by atoms with van der Waals surface area (Å²) in [5.41, 5.74) is 1.24. The Hall–Kier alpha value is -0.810. The Labute approximate surface area is 86.2 Å². The van der Waals surface area contributed by atoms with Gasteiger partial charge in [-0.1, -0.05) is 0 Å². The van der Waals surface area contributed by atoms with E-state index in [9.17, 15) is 5.11 Å². The summed E-state index contributed by atoms with van der Waals surface area (Å²) >= 11 is 0. The zero-order valence-electron chi connectivity index (χ0n) is 8.53. The molecule has 2 heteroatoms. The molecule has 1 aliphatic heterocycles. The molecular weight excluding hydrogens is 191 g/mol. The second-order valence-electron chi connectivity index (χ2n) is 3.84. The molecule has 0 saturated carbocycles. The van der Waals surface area contributed by atoms with Crippen molar-refractivity contribution < 1.29 is 5.11 Å². The standard InChI is InChI=1S/C12H15OP/c1-10-9-11(13)5-6-12(10)14-7-3-2-4-8-14/h5-7,9H,2-4,8H2,1H3/p+1. The van der Waals surface area contributed by atoms with Gasteiger partial charge in [0, 0.05) is 12.0 Å². The van der Waals surface area contributed by atoms with Crippen LogP contribution in [0, 0.1) is 6.92 Å². The minimum atomic E-state index is -0.0362. The van der Waals surface area contributed by atoms with Crippen molar-refractivity contribution in [3.05, 3.63) is 23.8 Å². The number of phenolic OH excluding ortho intramolecular Hbond substituents is 1.